The van der Waals surface area contributed by atoms with E-state index in [-0.39, 0.29) is 5.88 Å². The second kappa shape index (κ2) is 7.21. The molecular formula is C15H15N5O3. The maximum Gasteiger partial charge on any atom is 0.414 e. The second-order valence-corrected chi connectivity index (χ2v) is 4.74. The Bertz CT molecular complexity index is 740. The van der Waals surface area contributed by atoms with Crippen LogP contribution in [0.1, 0.15) is 6.42 Å². The predicted octanol–water partition coefficient (Wildman–Crippen LogP) is 2.11. The monoisotopic (exact) mass is 313 g/mol. The first-order valence-corrected chi connectivity index (χ1v) is 7.10. The third-order valence-electron chi connectivity index (χ3n) is 3.05. The van der Waals surface area contributed by atoms with Crippen LogP contribution in [0.25, 0.3) is 11.3 Å². The largest absolute Gasteiger partial charge is 0.414 e. The molecule has 0 aliphatic heterocycles. The first kappa shape index (κ1) is 14.8. The van der Waals surface area contributed by atoms with Crippen LogP contribution in [0.3, 0.4) is 0 Å². The van der Waals surface area contributed by atoms with E-state index < -0.39 is 6.09 Å². The van der Waals surface area contributed by atoms with E-state index in [0.29, 0.717) is 12.3 Å². The van der Waals surface area contributed by atoms with Crippen molar-refractivity contribution in [2.75, 3.05) is 6.54 Å². The topological polar surface area (TPSA) is 95.1 Å². The number of nitrogens with zero attached hydrogens (tertiary/aromatic N) is 4. The van der Waals surface area contributed by atoms with Gasteiger partial charge in [-0.2, -0.15) is 0 Å². The first-order valence-electron chi connectivity index (χ1n) is 7.10. The van der Waals surface area contributed by atoms with Crippen LogP contribution >= 0.6 is 0 Å². The molecule has 3 rings (SSSR count). The van der Waals surface area contributed by atoms with Crippen molar-refractivity contribution in [2.45, 2.75) is 13.0 Å². The Morgan fingerprint density at radius 2 is 2.30 bits per heavy atom. The summed E-state index contributed by atoms with van der Waals surface area (Å²) in [6, 6.07) is 5.15. The maximum absolute atomic E-state index is 11.7. The second-order valence-electron chi connectivity index (χ2n) is 4.74. The van der Waals surface area contributed by atoms with E-state index in [1.165, 1.54) is 0 Å². The van der Waals surface area contributed by atoms with Crippen molar-refractivity contribution in [3.8, 4) is 17.2 Å². The summed E-state index contributed by atoms with van der Waals surface area (Å²) in [5.74, 6) is 0.594. The van der Waals surface area contributed by atoms with Crippen molar-refractivity contribution in [3.63, 3.8) is 0 Å². The number of aromatic nitrogens is 4. The van der Waals surface area contributed by atoms with Crippen LogP contribution in [-0.4, -0.2) is 32.3 Å². The highest BCUT2D eigenvalue weighted by atomic mass is 16.6. The number of rotatable bonds is 6. The molecule has 0 aliphatic carbocycles. The van der Waals surface area contributed by atoms with E-state index in [9.17, 15) is 4.79 Å². The molecule has 3 heterocycles. The average Bonchev–Trinajstić information content (AvgIpc) is 3.24. The minimum atomic E-state index is -0.568. The van der Waals surface area contributed by atoms with Crippen molar-refractivity contribution in [1.82, 2.24) is 25.0 Å². The summed E-state index contributed by atoms with van der Waals surface area (Å²) in [7, 11) is 0. The molecule has 0 radical (unpaired) electrons. The molecule has 1 N–H and O–H groups in total. The minimum absolute atomic E-state index is 0.107. The van der Waals surface area contributed by atoms with Gasteiger partial charge in [0.1, 0.15) is 0 Å². The lowest BCUT2D eigenvalue weighted by molar-refractivity contribution is 0.195. The number of hydrogen-bond donors (Lipinski definition) is 1. The van der Waals surface area contributed by atoms with Crippen LogP contribution in [-0.2, 0) is 6.54 Å². The lowest BCUT2D eigenvalue weighted by Crippen LogP contribution is -2.28. The summed E-state index contributed by atoms with van der Waals surface area (Å²) < 4.78 is 12.1. The number of nitrogens with one attached hydrogen (secondary N) is 1. The van der Waals surface area contributed by atoms with Crippen molar-refractivity contribution >= 4 is 6.09 Å². The molecule has 0 unspecified atom stereocenters. The summed E-state index contributed by atoms with van der Waals surface area (Å²) in [5.41, 5.74) is 0.760. The van der Waals surface area contributed by atoms with Gasteiger partial charge in [-0.1, -0.05) is 0 Å². The van der Waals surface area contributed by atoms with Gasteiger partial charge in [-0.3, -0.25) is 4.98 Å². The van der Waals surface area contributed by atoms with Gasteiger partial charge in [0.25, 0.3) is 5.88 Å². The van der Waals surface area contributed by atoms with E-state index in [2.05, 4.69) is 20.4 Å². The van der Waals surface area contributed by atoms with Gasteiger partial charge in [-0.25, -0.2) is 9.78 Å². The van der Waals surface area contributed by atoms with Crippen LogP contribution in [0.5, 0.6) is 5.88 Å². The fraction of sp³-hybridized carbons (Fsp3) is 0.200. The number of aryl methyl sites for hydroxylation is 1. The highest BCUT2D eigenvalue weighted by Gasteiger charge is 2.11. The maximum atomic E-state index is 11.7. The molecule has 0 bridgehead atoms. The van der Waals surface area contributed by atoms with Gasteiger partial charge in [0.15, 0.2) is 5.76 Å². The molecule has 1 amide bonds. The van der Waals surface area contributed by atoms with Gasteiger partial charge in [0.05, 0.1) is 12.4 Å². The molecule has 8 nitrogen and oxygen atoms in total. The van der Waals surface area contributed by atoms with Crippen molar-refractivity contribution in [1.29, 1.82) is 0 Å². The summed E-state index contributed by atoms with van der Waals surface area (Å²) in [4.78, 5) is 19.6. The fourth-order valence-electron chi connectivity index (χ4n) is 1.95. The Morgan fingerprint density at radius 3 is 3.09 bits per heavy atom. The van der Waals surface area contributed by atoms with Gasteiger partial charge in [-0.05, 0) is 23.7 Å². The van der Waals surface area contributed by atoms with E-state index in [4.69, 9.17) is 9.26 Å². The zero-order valence-corrected chi connectivity index (χ0v) is 12.3. The number of ether oxygens (including phenoxy) is 1. The van der Waals surface area contributed by atoms with E-state index in [1.807, 2.05) is 16.8 Å². The number of imidazole rings is 1. The van der Waals surface area contributed by atoms with Crippen molar-refractivity contribution < 1.29 is 14.1 Å². The van der Waals surface area contributed by atoms with Gasteiger partial charge in [-0.15, -0.1) is 0 Å². The normalized spacial score (nSPS) is 10.4. The lowest BCUT2D eigenvalue weighted by Gasteiger charge is -2.04. The Labute approximate surface area is 132 Å². The fourth-order valence-corrected chi connectivity index (χ4v) is 1.95. The zero-order chi connectivity index (χ0) is 15.9. The molecule has 0 saturated heterocycles. The SMILES string of the molecule is O=C(NCCCn1ccnc1)Oc1cc(-c2cccnc2)on1. The molecule has 0 aliphatic rings. The summed E-state index contributed by atoms with van der Waals surface area (Å²) in [6.45, 7) is 1.26. The third kappa shape index (κ3) is 4.16. The van der Waals surface area contributed by atoms with Crippen molar-refractivity contribution in [2.24, 2.45) is 0 Å². The molecule has 23 heavy (non-hydrogen) atoms. The highest BCUT2D eigenvalue weighted by molar-refractivity contribution is 5.70. The summed E-state index contributed by atoms with van der Waals surface area (Å²) in [5, 5.41) is 6.36. The van der Waals surface area contributed by atoms with Gasteiger partial charge >= 0.3 is 6.09 Å². The molecule has 3 aromatic rings. The quantitative estimate of drug-likeness (QED) is 0.700. The van der Waals surface area contributed by atoms with Crippen LogP contribution in [0, 0.1) is 0 Å². The number of carbonyl (C=O) groups is 1. The van der Waals surface area contributed by atoms with E-state index in [0.717, 1.165) is 18.5 Å². The molecule has 0 aromatic carbocycles. The Balaban J connectivity index is 1.44. The molecule has 0 atom stereocenters. The van der Waals surface area contributed by atoms with Crippen LogP contribution < -0.4 is 10.1 Å². The van der Waals surface area contributed by atoms with E-state index >= 15 is 0 Å². The third-order valence-corrected chi connectivity index (χ3v) is 3.05. The Kier molecular flexibility index (Phi) is 4.63. The number of amides is 1. The van der Waals surface area contributed by atoms with Crippen LogP contribution in [0.15, 0.2) is 53.8 Å². The number of hydrogen-bond acceptors (Lipinski definition) is 6. The van der Waals surface area contributed by atoms with Crippen LogP contribution in [0.4, 0.5) is 4.79 Å². The number of carbonyl (C=O) groups excluding carboxylic acids is 1. The number of pyridine rings is 1. The van der Waals surface area contributed by atoms with E-state index in [1.54, 1.807) is 37.1 Å². The molecular weight excluding hydrogens is 298 g/mol. The standard InChI is InChI=1S/C15H15N5O3/c21-15(18-5-2-7-20-8-6-17-11-20)22-14-9-13(23-19-14)12-3-1-4-16-10-12/h1,3-4,6,8-11H,2,5,7H2,(H,18,21). The lowest BCUT2D eigenvalue weighted by atomic mass is 10.2. The Hall–Kier alpha value is -3.16. The molecule has 118 valence electrons. The molecule has 3 aromatic heterocycles. The highest BCUT2D eigenvalue weighted by Crippen LogP contribution is 2.22. The summed E-state index contributed by atoms with van der Waals surface area (Å²) in [6.07, 6.45) is 8.81. The first-order chi connectivity index (χ1) is 11.3. The van der Waals surface area contributed by atoms with Crippen LogP contribution in [0.2, 0.25) is 0 Å². The smallest absolute Gasteiger partial charge is 0.388 e. The predicted molar refractivity (Wildman–Crippen MR) is 80.6 cm³/mol. The van der Waals surface area contributed by atoms with Gasteiger partial charge in [0, 0.05) is 43.4 Å². The van der Waals surface area contributed by atoms with Crippen molar-refractivity contribution in [3.05, 3.63) is 49.3 Å². The van der Waals surface area contributed by atoms with Gasteiger partial charge < -0.3 is 19.1 Å². The molecule has 0 spiro atoms. The molecule has 8 heteroatoms. The van der Waals surface area contributed by atoms with Gasteiger partial charge in [0.2, 0.25) is 0 Å². The average molecular weight is 313 g/mol. The molecule has 0 saturated carbocycles. The zero-order valence-electron chi connectivity index (χ0n) is 12.3. The Morgan fingerprint density at radius 1 is 1.35 bits per heavy atom. The summed E-state index contributed by atoms with van der Waals surface area (Å²) >= 11 is 0. The molecule has 0 fully saturated rings. The minimum Gasteiger partial charge on any atom is -0.388 e.